The van der Waals surface area contributed by atoms with Crippen LogP contribution in [-0.2, 0) is 16.0 Å². The molecular formula is C9H11NO2. The molecule has 1 aromatic rings. The van der Waals surface area contributed by atoms with E-state index in [2.05, 4.69) is 9.72 Å². The Labute approximate surface area is 71.4 Å². The zero-order chi connectivity index (χ0) is 8.97. The molecule has 0 radical (unpaired) electrons. The lowest BCUT2D eigenvalue weighted by Crippen LogP contribution is -2.05. The van der Waals surface area contributed by atoms with Gasteiger partial charge in [-0.15, -0.1) is 0 Å². The molecule has 0 aliphatic heterocycles. The summed E-state index contributed by atoms with van der Waals surface area (Å²) in [4.78, 5) is 14.9. The number of aryl methyl sites for hydroxylation is 1. The van der Waals surface area contributed by atoms with Crippen LogP contribution < -0.4 is 0 Å². The van der Waals surface area contributed by atoms with E-state index >= 15 is 0 Å². The number of hydrogen-bond acceptors (Lipinski definition) is 3. The third-order valence-corrected chi connectivity index (χ3v) is 1.53. The molecule has 0 aromatic carbocycles. The van der Waals surface area contributed by atoms with E-state index in [0.29, 0.717) is 0 Å². The maximum absolute atomic E-state index is 10.8. The summed E-state index contributed by atoms with van der Waals surface area (Å²) in [6.45, 7) is 1.95. The number of ether oxygens (including phenoxy) is 1. The molecule has 0 atom stereocenters. The van der Waals surface area contributed by atoms with Gasteiger partial charge in [-0.2, -0.15) is 0 Å². The molecule has 12 heavy (non-hydrogen) atoms. The summed E-state index contributed by atoms with van der Waals surface area (Å²) >= 11 is 0. The Hall–Kier alpha value is -1.38. The van der Waals surface area contributed by atoms with E-state index in [1.54, 1.807) is 6.20 Å². The Bertz CT molecular complexity index is 266. The van der Waals surface area contributed by atoms with Gasteiger partial charge in [0.25, 0.3) is 0 Å². The SMILES string of the molecule is COC(=O)Cc1ccc(C)cn1. The van der Waals surface area contributed by atoms with Gasteiger partial charge >= 0.3 is 5.97 Å². The molecule has 0 amide bonds. The van der Waals surface area contributed by atoms with Crippen molar-refractivity contribution in [1.29, 1.82) is 0 Å². The van der Waals surface area contributed by atoms with Crippen molar-refractivity contribution in [3.63, 3.8) is 0 Å². The molecular weight excluding hydrogens is 154 g/mol. The molecule has 64 valence electrons. The Balaban J connectivity index is 2.64. The number of methoxy groups -OCH3 is 1. The van der Waals surface area contributed by atoms with E-state index in [-0.39, 0.29) is 12.4 Å². The third kappa shape index (κ3) is 2.34. The lowest BCUT2D eigenvalue weighted by molar-refractivity contribution is -0.139. The van der Waals surface area contributed by atoms with Crippen molar-refractivity contribution >= 4 is 5.97 Å². The number of esters is 1. The van der Waals surface area contributed by atoms with E-state index in [1.807, 2.05) is 19.1 Å². The fourth-order valence-electron chi connectivity index (χ4n) is 0.823. The number of carbonyl (C=O) groups is 1. The van der Waals surface area contributed by atoms with E-state index < -0.39 is 0 Å². The van der Waals surface area contributed by atoms with Gasteiger partial charge in [0.05, 0.1) is 19.2 Å². The fourth-order valence-corrected chi connectivity index (χ4v) is 0.823. The van der Waals surface area contributed by atoms with Crippen molar-refractivity contribution in [3.8, 4) is 0 Å². The van der Waals surface area contributed by atoms with Crippen LogP contribution >= 0.6 is 0 Å². The van der Waals surface area contributed by atoms with Crippen LogP contribution in [0.1, 0.15) is 11.3 Å². The Morgan fingerprint density at radius 2 is 2.33 bits per heavy atom. The molecule has 0 aliphatic carbocycles. The molecule has 3 nitrogen and oxygen atoms in total. The van der Waals surface area contributed by atoms with Crippen molar-refractivity contribution in [3.05, 3.63) is 29.6 Å². The summed E-state index contributed by atoms with van der Waals surface area (Å²) in [7, 11) is 1.37. The molecule has 1 rings (SSSR count). The van der Waals surface area contributed by atoms with Gasteiger partial charge in [0.15, 0.2) is 0 Å². The van der Waals surface area contributed by atoms with Crippen LogP contribution in [0.5, 0.6) is 0 Å². The summed E-state index contributed by atoms with van der Waals surface area (Å²) < 4.78 is 4.51. The number of rotatable bonds is 2. The van der Waals surface area contributed by atoms with E-state index in [4.69, 9.17) is 0 Å². The molecule has 0 bridgehead atoms. The minimum absolute atomic E-state index is 0.247. The molecule has 1 aromatic heterocycles. The maximum atomic E-state index is 10.8. The lowest BCUT2D eigenvalue weighted by Gasteiger charge is -1.98. The van der Waals surface area contributed by atoms with Crippen molar-refractivity contribution in [2.45, 2.75) is 13.3 Å². The molecule has 0 spiro atoms. The van der Waals surface area contributed by atoms with Gasteiger partial charge in [-0.05, 0) is 18.6 Å². The number of aromatic nitrogens is 1. The Kier molecular flexibility index (Phi) is 2.80. The van der Waals surface area contributed by atoms with Crippen LogP contribution in [0.3, 0.4) is 0 Å². The van der Waals surface area contributed by atoms with Gasteiger partial charge in [-0.3, -0.25) is 9.78 Å². The van der Waals surface area contributed by atoms with E-state index in [9.17, 15) is 4.79 Å². The molecule has 0 saturated carbocycles. The predicted octanol–water partition coefficient (Wildman–Crippen LogP) is 1.11. The quantitative estimate of drug-likeness (QED) is 0.616. The molecule has 0 saturated heterocycles. The Morgan fingerprint density at radius 3 is 2.83 bits per heavy atom. The van der Waals surface area contributed by atoms with Crippen molar-refractivity contribution < 1.29 is 9.53 Å². The highest BCUT2D eigenvalue weighted by Gasteiger charge is 2.02. The standard InChI is InChI=1S/C9H11NO2/c1-7-3-4-8(10-6-7)5-9(11)12-2/h3-4,6H,5H2,1-2H3. The first-order valence-corrected chi connectivity index (χ1v) is 3.70. The fraction of sp³-hybridized carbons (Fsp3) is 0.333. The average Bonchev–Trinajstić information content (AvgIpc) is 2.09. The summed E-state index contributed by atoms with van der Waals surface area (Å²) in [5.74, 6) is -0.258. The van der Waals surface area contributed by atoms with Gasteiger partial charge in [0.2, 0.25) is 0 Å². The predicted molar refractivity (Wildman–Crippen MR) is 44.7 cm³/mol. The number of carbonyl (C=O) groups excluding carboxylic acids is 1. The van der Waals surface area contributed by atoms with Crippen molar-refractivity contribution in [1.82, 2.24) is 4.98 Å². The largest absolute Gasteiger partial charge is 0.469 e. The van der Waals surface area contributed by atoms with Crippen molar-refractivity contribution in [2.75, 3.05) is 7.11 Å². The van der Waals surface area contributed by atoms with Gasteiger partial charge in [0.1, 0.15) is 0 Å². The van der Waals surface area contributed by atoms with Crippen LogP contribution in [0.4, 0.5) is 0 Å². The number of nitrogens with zero attached hydrogens (tertiary/aromatic N) is 1. The van der Waals surface area contributed by atoms with Gasteiger partial charge < -0.3 is 4.74 Å². The first kappa shape index (κ1) is 8.71. The normalized spacial score (nSPS) is 9.50. The first-order valence-electron chi connectivity index (χ1n) is 3.70. The number of hydrogen-bond donors (Lipinski definition) is 0. The number of pyridine rings is 1. The van der Waals surface area contributed by atoms with Crippen LogP contribution in [0, 0.1) is 6.92 Å². The second-order valence-electron chi connectivity index (χ2n) is 2.58. The maximum Gasteiger partial charge on any atom is 0.311 e. The second-order valence-corrected chi connectivity index (χ2v) is 2.58. The summed E-state index contributed by atoms with van der Waals surface area (Å²) in [5.41, 5.74) is 1.83. The zero-order valence-corrected chi connectivity index (χ0v) is 7.20. The highest BCUT2D eigenvalue weighted by atomic mass is 16.5. The van der Waals surface area contributed by atoms with Crippen molar-refractivity contribution in [2.24, 2.45) is 0 Å². The van der Waals surface area contributed by atoms with Gasteiger partial charge in [-0.25, -0.2) is 0 Å². The van der Waals surface area contributed by atoms with E-state index in [0.717, 1.165) is 11.3 Å². The summed E-state index contributed by atoms with van der Waals surface area (Å²) in [6.07, 6.45) is 1.98. The Morgan fingerprint density at radius 1 is 1.58 bits per heavy atom. The summed E-state index contributed by atoms with van der Waals surface area (Å²) in [5, 5.41) is 0. The van der Waals surface area contributed by atoms with Crippen LogP contribution in [0.2, 0.25) is 0 Å². The molecule has 0 N–H and O–H groups in total. The first-order chi connectivity index (χ1) is 5.72. The summed E-state index contributed by atoms with van der Waals surface area (Å²) in [6, 6.07) is 3.75. The highest BCUT2D eigenvalue weighted by Crippen LogP contribution is 1.99. The lowest BCUT2D eigenvalue weighted by atomic mass is 10.2. The molecule has 0 fully saturated rings. The van der Waals surface area contributed by atoms with Crippen LogP contribution in [-0.4, -0.2) is 18.1 Å². The smallest absolute Gasteiger partial charge is 0.311 e. The zero-order valence-electron chi connectivity index (χ0n) is 7.20. The molecule has 0 aliphatic rings. The average molecular weight is 165 g/mol. The second kappa shape index (κ2) is 3.85. The van der Waals surface area contributed by atoms with Crippen LogP contribution in [0.15, 0.2) is 18.3 Å². The topological polar surface area (TPSA) is 39.2 Å². The monoisotopic (exact) mass is 165 g/mol. The minimum Gasteiger partial charge on any atom is -0.469 e. The highest BCUT2D eigenvalue weighted by molar-refractivity contribution is 5.71. The van der Waals surface area contributed by atoms with Crippen LogP contribution in [0.25, 0.3) is 0 Å². The molecule has 1 heterocycles. The molecule has 0 unspecified atom stereocenters. The minimum atomic E-state index is -0.258. The van der Waals surface area contributed by atoms with E-state index in [1.165, 1.54) is 7.11 Å². The van der Waals surface area contributed by atoms with Gasteiger partial charge in [-0.1, -0.05) is 6.07 Å². The third-order valence-electron chi connectivity index (χ3n) is 1.53. The molecule has 3 heteroatoms. The van der Waals surface area contributed by atoms with Gasteiger partial charge in [0, 0.05) is 6.20 Å².